The van der Waals surface area contributed by atoms with Crippen LogP contribution in [0.15, 0.2) is 41.1 Å². The Kier molecular flexibility index (Phi) is 4.56. The predicted octanol–water partition coefficient (Wildman–Crippen LogP) is 3.53. The minimum absolute atomic E-state index is 0.113. The van der Waals surface area contributed by atoms with Gasteiger partial charge < -0.3 is 9.32 Å². The number of hydrogen-bond donors (Lipinski definition) is 0. The van der Waals surface area contributed by atoms with Crippen LogP contribution >= 0.6 is 0 Å². The number of carbonyl (C=O) groups is 1. The molecular weight excluding hydrogens is 276 g/mol. The van der Waals surface area contributed by atoms with Gasteiger partial charge in [-0.25, -0.2) is 0 Å². The van der Waals surface area contributed by atoms with Gasteiger partial charge in [0.1, 0.15) is 11.5 Å². The number of furan rings is 1. The van der Waals surface area contributed by atoms with Gasteiger partial charge in [-0.3, -0.25) is 9.78 Å². The van der Waals surface area contributed by atoms with Crippen molar-refractivity contribution in [1.29, 1.82) is 0 Å². The first-order valence-corrected chi connectivity index (χ1v) is 8.05. The average Bonchev–Trinajstić information content (AvgIpc) is 3.21. The van der Waals surface area contributed by atoms with Gasteiger partial charge in [0.05, 0.1) is 6.04 Å². The Morgan fingerprint density at radius 3 is 3.05 bits per heavy atom. The number of nitrogens with zero attached hydrogens (tertiary/aromatic N) is 2. The minimum atomic E-state index is 0.113. The second kappa shape index (κ2) is 6.77. The van der Waals surface area contributed by atoms with Crippen LogP contribution in [0.2, 0.25) is 0 Å². The highest BCUT2D eigenvalue weighted by Crippen LogP contribution is 2.33. The first kappa shape index (κ1) is 14.8. The number of likely N-dealkylation sites (tertiary alicyclic amines) is 1. The summed E-state index contributed by atoms with van der Waals surface area (Å²) in [7, 11) is 0. The molecule has 3 heterocycles. The van der Waals surface area contributed by atoms with Gasteiger partial charge in [0.15, 0.2) is 0 Å². The molecule has 0 aromatic carbocycles. The Morgan fingerprint density at radius 1 is 1.41 bits per heavy atom. The summed E-state index contributed by atoms with van der Waals surface area (Å²) in [6.45, 7) is 2.91. The van der Waals surface area contributed by atoms with Gasteiger partial charge >= 0.3 is 0 Å². The van der Waals surface area contributed by atoms with Crippen LogP contribution < -0.4 is 0 Å². The van der Waals surface area contributed by atoms with Crippen molar-refractivity contribution in [3.8, 4) is 0 Å². The minimum Gasteiger partial charge on any atom is -0.464 e. The molecule has 2 aromatic heterocycles. The van der Waals surface area contributed by atoms with Crippen LogP contribution in [0.1, 0.15) is 49.3 Å². The van der Waals surface area contributed by atoms with Crippen LogP contribution in [0, 0.1) is 0 Å². The third-order valence-electron chi connectivity index (χ3n) is 4.28. The molecule has 22 heavy (non-hydrogen) atoms. The number of aryl methyl sites for hydroxylation is 2. The Labute approximate surface area is 131 Å². The third-order valence-corrected chi connectivity index (χ3v) is 4.28. The molecule has 0 saturated carbocycles. The van der Waals surface area contributed by atoms with Crippen LogP contribution in [0.25, 0.3) is 0 Å². The summed E-state index contributed by atoms with van der Waals surface area (Å²) in [4.78, 5) is 18.6. The Balaban J connectivity index is 1.63. The number of hydrogen-bond acceptors (Lipinski definition) is 3. The zero-order chi connectivity index (χ0) is 15.4. The van der Waals surface area contributed by atoms with E-state index in [0.29, 0.717) is 6.42 Å². The molecule has 1 atom stereocenters. The van der Waals surface area contributed by atoms with E-state index in [-0.39, 0.29) is 11.9 Å². The monoisotopic (exact) mass is 298 g/mol. The fourth-order valence-corrected chi connectivity index (χ4v) is 3.07. The molecule has 1 aliphatic heterocycles. The van der Waals surface area contributed by atoms with Gasteiger partial charge in [0.25, 0.3) is 0 Å². The summed E-state index contributed by atoms with van der Waals surface area (Å²) >= 11 is 0. The quantitative estimate of drug-likeness (QED) is 0.848. The molecule has 1 aliphatic rings. The zero-order valence-corrected chi connectivity index (χ0v) is 13.0. The van der Waals surface area contributed by atoms with E-state index in [0.717, 1.165) is 49.3 Å². The Morgan fingerprint density at radius 2 is 2.32 bits per heavy atom. The summed E-state index contributed by atoms with van der Waals surface area (Å²) in [6, 6.07) is 8.08. The molecule has 116 valence electrons. The van der Waals surface area contributed by atoms with Gasteiger partial charge in [-0.15, -0.1) is 0 Å². The van der Waals surface area contributed by atoms with E-state index in [4.69, 9.17) is 4.42 Å². The summed E-state index contributed by atoms with van der Waals surface area (Å²) in [5.74, 6) is 2.13. The molecule has 1 saturated heterocycles. The molecular formula is C18H22N2O2. The zero-order valence-electron chi connectivity index (χ0n) is 13.0. The van der Waals surface area contributed by atoms with E-state index in [2.05, 4.69) is 11.9 Å². The van der Waals surface area contributed by atoms with Crippen molar-refractivity contribution in [2.24, 2.45) is 0 Å². The first-order chi connectivity index (χ1) is 10.8. The van der Waals surface area contributed by atoms with E-state index in [1.54, 1.807) is 6.20 Å². The smallest absolute Gasteiger partial charge is 0.223 e. The van der Waals surface area contributed by atoms with Crippen LogP contribution in [-0.4, -0.2) is 22.3 Å². The average molecular weight is 298 g/mol. The lowest BCUT2D eigenvalue weighted by atomic mass is 10.1. The third kappa shape index (κ3) is 3.21. The molecule has 0 aliphatic carbocycles. The maximum Gasteiger partial charge on any atom is 0.223 e. The maximum absolute atomic E-state index is 12.5. The van der Waals surface area contributed by atoms with Crippen molar-refractivity contribution >= 4 is 5.91 Å². The van der Waals surface area contributed by atoms with Crippen molar-refractivity contribution in [3.63, 3.8) is 0 Å². The summed E-state index contributed by atoms with van der Waals surface area (Å²) in [5, 5.41) is 0. The summed E-state index contributed by atoms with van der Waals surface area (Å²) < 4.78 is 5.86. The number of carbonyl (C=O) groups excluding carboxylic acids is 1. The van der Waals surface area contributed by atoms with Crippen molar-refractivity contribution in [2.45, 2.75) is 45.1 Å². The normalized spacial score (nSPS) is 17.9. The van der Waals surface area contributed by atoms with E-state index >= 15 is 0 Å². The molecule has 0 spiro atoms. The summed E-state index contributed by atoms with van der Waals surface area (Å²) in [6.07, 6.45) is 7.79. The highest BCUT2D eigenvalue weighted by Gasteiger charge is 2.31. The van der Waals surface area contributed by atoms with Crippen LogP contribution in [-0.2, 0) is 17.6 Å². The number of aromatic nitrogens is 1. The van der Waals surface area contributed by atoms with Gasteiger partial charge in [-0.1, -0.05) is 13.0 Å². The SMILES string of the molecule is CCc1ccc(C2CCCN2C(=O)CCc2cccnc2)o1. The van der Waals surface area contributed by atoms with E-state index in [1.165, 1.54) is 0 Å². The molecule has 0 radical (unpaired) electrons. The number of amides is 1. The topological polar surface area (TPSA) is 46.3 Å². The largest absolute Gasteiger partial charge is 0.464 e. The fraction of sp³-hybridized carbons (Fsp3) is 0.444. The molecule has 2 aromatic rings. The van der Waals surface area contributed by atoms with Crippen LogP contribution in [0.3, 0.4) is 0 Å². The molecule has 0 bridgehead atoms. The Bertz CT molecular complexity index is 621. The van der Waals surface area contributed by atoms with Gasteiger partial charge in [-0.05, 0) is 43.0 Å². The lowest BCUT2D eigenvalue weighted by Crippen LogP contribution is -2.30. The molecule has 3 rings (SSSR count). The highest BCUT2D eigenvalue weighted by molar-refractivity contribution is 5.77. The number of rotatable bonds is 5. The fourth-order valence-electron chi connectivity index (χ4n) is 3.07. The van der Waals surface area contributed by atoms with E-state index in [9.17, 15) is 4.79 Å². The van der Waals surface area contributed by atoms with Crippen molar-refractivity contribution in [2.75, 3.05) is 6.54 Å². The maximum atomic E-state index is 12.5. The molecule has 4 nitrogen and oxygen atoms in total. The van der Waals surface area contributed by atoms with Crippen LogP contribution in [0.4, 0.5) is 0 Å². The molecule has 1 fully saturated rings. The first-order valence-electron chi connectivity index (χ1n) is 8.05. The Hall–Kier alpha value is -2.10. The molecule has 0 N–H and O–H groups in total. The molecule has 1 amide bonds. The highest BCUT2D eigenvalue weighted by atomic mass is 16.3. The second-order valence-corrected chi connectivity index (χ2v) is 5.76. The van der Waals surface area contributed by atoms with Gasteiger partial charge in [-0.2, -0.15) is 0 Å². The van der Waals surface area contributed by atoms with Crippen molar-refractivity contribution in [3.05, 3.63) is 53.7 Å². The van der Waals surface area contributed by atoms with E-state index < -0.39 is 0 Å². The van der Waals surface area contributed by atoms with Crippen molar-refractivity contribution < 1.29 is 9.21 Å². The summed E-state index contributed by atoms with van der Waals surface area (Å²) in [5.41, 5.74) is 1.11. The standard InChI is InChI=1S/C18H22N2O2/c1-2-15-8-9-17(22-15)16-6-4-12-20(16)18(21)10-7-14-5-3-11-19-13-14/h3,5,8-9,11,13,16H,2,4,6-7,10,12H2,1H3. The predicted molar refractivity (Wildman–Crippen MR) is 84.3 cm³/mol. The van der Waals surface area contributed by atoms with Crippen molar-refractivity contribution in [1.82, 2.24) is 9.88 Å². The van der Waals surface area contributed by atoms with E-state index in [1.807, 2.05) is 35.4 Å². The number of pyridine rings is 1. The lowest BCUT2D eigenvalue weighted by molar-refractivity contribution is -0.132. The van der Waals surface area contributed by atoms with Gasteiger partial charge in [0.2, 0.25) is 5.91 Å². The van der Waals surface area contributed by atoms with Crippen LogP contribution in [0.5, 0.6) is 0 Å². The van der Waals surface area contributed by atoms with Gasteiger partial charge in [0, 0.05) is 31.8 Å². The molecule has 4 heteroatoms. The lowest BCUT2D eigenvalue weighted by Gasteiger charge is -2.23. The molecule has 1 unspecified atom stereocenters. The second-order valence-electron chi connectivity index (χ2n) is 5.76.